The second-order valence-corrected chi connectivity index (χ2v) is 5.61. The zero-order valence-electron chi connectivity index (χ0n) is 14.6. The molecule has 0 unspecified atom stereocenters. The fraction of sp³-hybridized carbons (Fsp3) is 0.444. The summed E-state index contributed by atoms with van der Waals surface area (Å²) >= 11 is 0. The molecule has 0 spiro atoms. The number of rotatable bonds is 10. The first kappa shape index (κ1) is 23.4. The van der Waals surface area contributed by atoms with Gasteiger partial charge in [0, 0.05) is 25.4 Å². The summed E-state index contributed by atoms with van der Waals surface area (Å²) in [5.41, 5.74) is 1.35. The van der Waals surface area contributed by atoms with Gasteiger partial charge in [-0.3, -0.25) is 4.79 Å². The third-order valence-electron chi connectivity index (χ3n) is 3.78. The molecule has 0 bridgehead atoms. The van der Waals surface area contributed by atoms with Crippen LogP contribution in [-0.4, -0.2) is 29.1 Å². The van der Waals surface area contributed by atoms with Crippen LogP contribution in [0.2, 0.25) is 0 Å². The summed E-state index contributed by atoms with van der Waals surface area (Å²) in [6.07, 6.45) is 7.29. The molecule has 0 aliphatic heterocycles. The number of halogens is 2. The number of imidazole rings is 1. The zero-order valence-corrected chi connectivity index (χ0v) is 16.2. The van der Waals surface area contributed by atoms with Crippen molar-refractivity contribution < 1.29 is 4.79 Å². The Morgan fingerprint density at radius 2 is 1.92 bits per heavy atom. The van der Waals surface area contributed by atoms with Crippen LogP contribution < -0.4 is 10.6 Å². The minimum Gasteiger partial charge on any atom is -0.349 e. The molecular formula is C18H28Cl2N4O. The Kier molecular flexibility index (Phi) is 12.8. The lowest BCUT2D eigenvalue weighted by Crippen LogP contribution is -2.25. The highest BCUT2D eigenvalue weighted by molar-refractivity contribution is 5.85. The van der Waals surface area contributed by atoms with E-state index in [-0.39, 0.29) is 30.7 Å². The molecule has 2 rings (SSSR count). The summed E-state index contributed by atoms with van der Waals surface area (Å²) in [5.74, 6) is 0.999. The molecular weight excluding hydrogens is 359 g/mol. The van der Waals surface area contributed by atoms with E-state index in [2.05, 4.69) is 44.5 Å². The normalized spacial score (nSPS) is 9.80. The second kappa shape index (κ2) is 13.7. The Labute approximate surface area is 162 Å². The summed E-state index contributed by atoms with van der Waals surface area (Å²) in [6, 6.07) is 10.5. The van der Waals surface area contributed by atoms with Crippen LogP contribution >= 0.6 is 24.8 Å². The van der Waals surface area contributed by atoms with E-state index in [0.29, 0.717) is 13.0 Å². The van der Waals surface area contributed by atoms with Gasteiger partial charge >= 0.3 is 0 Å². The zero-order chi connectivity index (χ0) is 16.3. The van der Waals surface area contributed by atoms with E-state index in [1.807, 2.05) is 19.3 Å². The maximum atomic E-state index is 11.7. The van der Waals surface area contributed by atoms with Crippen molar-refractivity contribution >= 4 is 30.7 Å². The van der Waals surface area contributed by atoms with E-state index < -0.39 is 0 Å². The van der Waals surface area contributed by atoms with Gasteiger partial charge in [0.1, 0.15) is 5.82 Å². The summed E-state index contributed by atoms with van der Waals surface area (Å²) < 4.78 is 2.12. The summed E-state index contributed by atoms with van der Waals surface area (Å²) in [4.78, 5) is 16.1. The first-order valence-corrected chi connectivity index (χ1v) is 8.25. The number of carbonyl (C=O) groups is 1. The lowest BCUT2D eigenvalue weighted by molar-refractivity contribution is -0.121. The quantitative estimate of drug-likeness (QED) is 0.617. The molecule has 1 amide bonds. The van der Waals surface area contributed by atoms with Crippen LogP contribution in [0.25, 0.3) is 0 Å². The van der Waals surface area contributed by atoms with Crippen molar-refractivity contribution in [3.63, 3.8) is 0 Å². The number of hydrogen-bond donors (Lipinski definition) is 2. The van der Waals surface area contributed by atoms with Gasteiger partial charge in [-0.15, -0.1) is 24.8 Å². The maximum Gasteiger partial charge on any atom is 0.220 e. The van der Waals surface area contributed by atoms with E-state index in [1.165, 1.54) is 5.56 Å². The summed E-state index contributed by atoms with van der Waals surface area (Å²) in [7, 11) is 1.89. The predicted octanol–water partition coefficient (Wildman–Crippen LogP) is 2.98. The van der Waals surface area contributed by atoms with Crippen molar-refractivity contribution in [1.29, 1.82) is 0 Å². The lowest BCUT2D eigenvalue weighted by Gasteiger charge is -2.09. The fourth-order valence-electron chi connectivity index (χ4n) is 2.50. The molecule has 1 aromatic carbocycles. The smallest absolute Gasteiger partial charge is 0.220 e. The highest BCUT2D eigenvalue weighted by atomic mass is 35.5. The highest BCUT2D eigenvalue weighted by Crippen LogP contribution is 2.06. The number of amides is 1. The third kappa shape index (κ3) is 8.91. The summed E-state index contributed by atoms with van der Waals surface area (Å²) in [5, 5.41) is 5.98. The number of aromatic nitrogens is 2. The Balaban J connectivity index is 0.00000288. The van der Waals surface area contributed by atoms with Gasteiger partial charge in [-0.1, -0.05) is 30.3 Å². The fourth-order valence-corrected chi connectivity index (χ4v) is 2.50. The number of hydrogen-bond acceptors (Lipinski definition) is 3. The van der Waals surface area contributed by atoms with E-state index in [1.54, 1.807) is 6.20 Å². The molecule has 0 saturated carbocycles. The molecule has 0 aliphatic rings. The molecule has 0 fully saturated rings. The van der Waals surface area contributed by atoms with Crippen LogP contribution in [0.5, 0.6) is 0 Å². The van der Waals surface area contributed by atoms with Crippen LogP contribution in [0, 0.1) is 0 Å². The monoisotopic (exact) mass is 386 g/mol. The topological polar surface area (TPSA) is 59.0 Å². The van der Waals surface area contributed by atoms with Crippen LogP contribution in [0.3, 0.4) is 0 Å². The van der Waals surface area contributed by atoms with Crippen molar-refractivity contribution in [2.24, 2.45) is 0 Å². The lowest BCUT2D eigenvalue weighted by atomic mass is 10.1. The van der Waals surface area contributed by atoms with E-state index in [4.69, 9.17) is 0 Å². The molecule has 25 heavy (non-hydrogen) atoms. The number of benzene rings is 1. The maximum absolute atomic E-state index is 11.7. The Morgan fingerprint density at radius 3 is 2.64 bits per heavy atom. The van der Waals surface area contributed by atoms with Crippen LogP contribution in [0.4, 0.5) is 0 Å². The van der Waals surface area contributed by atoms with E-state index in [9.17, 15) is 4.79 Å². The van der Waals surface area contributed by atoms with Crippen molar-refractivity contribution in [1.82, 2.24) is 20.2 Å². The number of aryl methyl sites for hydroxylation is 2. The van der Waals surface area contributed by atoms with Crippen molar-refractivity contribution in [2.45, 2.75) is 38.8 Å². The molecule has 0 saturated heterocycles. The molecule has 0 aliphatic carbocycles. The molecule has 1 heterocycles. The van der Waals surface area contributed by atoms with Crippen LogP contribution in [0.1, 0.15) is 30.7 Å². The molecule has 0 radical (unpaired) electrons. The SMILES string of the molecule is CNCCCC(=O)NCc1nccn1CCCc1ccccc1.Cl.Cl. The number of carbonyl (C=O) groups excluding carboxylic acids is 1. The first-order valence-electron chi connectivity index (χ1n) is 8.25. The average molecular weight is 387 g/mol. The number of nitrogens with one attached hydrogen (secondary N) is 2. The molecule has 1 aromatic heterocycles. The van der Waals surface area contributed by atoms with Crippen LogP contribution in [-0.2, 0) is 24.3 Å². The van der Waals surface area contributed by atoms with Gasteiger partial charge in [0.25, 0.3) is 0 Å². The Bertz CT molecular complexity index is 590. The average Bonchev–Trinajstić information content (AvgIpc) is 3.02. The van der Waals surface area contributed by atoms with E-state index >= 15 is 0 Å². The molecule has 140 valence electrons. The molecule has 2 aromatic rings. The molecule has 5 nitrogen and oxygen atoms in total. The standard InChI is InChI=1S/C18H26N4O.2ClH/c1-19-11-5-10-18(23)21-15-17-20-12-14-22(17)13-6-9-16-7-3-2-4-8-16;;/h2-4,7-8,12,14,19H,5-6,9-11,13,15H2,1H3,(H,21,23);2*1H. The molecule has 2 N–H and O–H groups in total. The molecule has 0 atom stereocenters. The largest absolute Gasteiger partial charge is 0.349 e. The van der Waals surface area contributed by atoms with Gasteiger partial charge in [-0.05, 0) is 38.4 Å². The third-order valence-corrected chi connectivity index (χ3v) is 3.78. The minimum atomic E-state index is 0. The highest BCUT2D eigenvalue weighted by Gasteiger charge is 2.05. The van der Waals surface area contributed by atoms with Crippen LogP contribution in [0.15, 0.2) is 42.7 Å². The second-order valence-electron chi connectivity index (χ2n) is 5.61. The first-order chi connectivity index (χ1) is 11.3. The van der Waals surface area contributed by atoms with Gasteiger partial charge in [-0.2, -0.15) is 0 Å². The van der Waals surface area contributed by atoms with Gasteiger partial charge in [-0.25, -0.2) is 4.98 Å². The Morgan fingerprint density at radius 1 is 1.16 bits per heavy atom. The minimum absolute atomic E-state index is 0. The van der Waals surface area contributed by atoms with Crippen molar-refractivity contribution in [3.05, 3.63) is 54.1 Å². The predicted molar refractivity (Wildman–Crippen MR) is 106 cm³/mol. The van der Waals surface area contributed by atoms with Gasteiger partial charge in [0.05, 0.1) is 6.54 Å². The number of nitrogens with zero attached hydrogens (tertiary/aromatic N) is 2. The molecule has 7 heteroatoms. The summed E-state index contributed by atoms with van der Waals surface area (Å²) in [6.45, 7) is 2.28. The van der Waals surface area contributed by atoms with E-state index in [0.717, 1.165) is 38.2 Å². The van der Waals surface area contributed by atoms with Gasteiger partial charge < -0.3 is 15.2 Å². The Hall–Kier alpha value is -1.56. The van der Waals surface area contributed by atoms with Gasteiger partial charge in [0.2, 0.25) is 5.91 Å². The van der Waals surface area contributed by atoms with Crippen molar-refractivity contribution in [2.75, 3.05) is 13.6 Å². The van der Waals surface area contributed by atoms with Crippen molar-refractivity contribution in [3.8, 4) is 0 Å². The van der Waals surface area contributed by atoms with Gasteiger partial charge in [0.15, 0.2) is 0 Å².